The fraction of sp³-hybridized carbons (Fsp3) is 0.795. The van der Waals surface area contributed by atoms with Gasteiger partial charge in [0, 0.05) is 12.8 Å². The van der Waals surface area contributed by atoms with Crippen LogP contribution in [-0.2, 0) is 37.5 Å². The standard InChI is InChI=1S/C44H80NO10P/c1-3-5-7-9-11-13-15-17-18-19-20-21-22-24-25-27-29-31-33-35-42(46)52-37-40(38-53-56(50,51)54-39-41(45)44(48)49)55-43(47)36-34-32-30-28-26-23-16-14-12-10-8-6-4-2/h5,7,11,13,17-18,40-41H,3-4,6,8-10,12,14-16,19-39,45H2,1-2H3,(H,48,49)(H,50,51)/b7-5-,13-11-,18-17-/t40-,41+/m1/s1. The maximum atomic E-state index is 12.6. The van der Waals surface area contributed by atoms with E-state index in [-0.39, 0.29) is 19.4 Å². The summed E-state index contributed by atoms with van der Waals surface area (Å²) >= 11 is 0. The summed E-state index contributed by atoms with van der Waals surface area (Å²) in [6.45, 7) is 2.69. The molecule has 0 aliphatic rings. The van der Waals surface area contributed by atoms with Gasteiger partial charge in [0.2, 0.25) is 0 Å². The minimum absolute atomic E-state index is 0.163. The molecule has 56 heavy (non-hydrogen) atoms. The molecule has 0 amide bonds. The number of carboxylic acid groups (broad SMARTS) is 1. The lowest BCUT2D eigenvalue weighted by atomic mass is 10.0. The van der Waals surface area contributed by atoms with E-state index in [9.17, 15) is 23.8 Å². The van der Waals surface area contributed by atoms with E-state index in [1.807, 2.05) is 0 Å². The summed E-state index contributed by atoms with van der Waals surface area (Å²) in [5.74, 6) is -2.38. The first kappa shape index (κ1) is 53.7. The molecule has 0 aromatic carbocycles. The highest BCUT2D eigenvalue weighted by molar-refractivity contribution is 7.47. The third-order valence-corrected chi connectivity index (χ3v) is 10.4. The first-order valence-electron chi connectivity index (χ1n) is 22.0. The molecule has 0 spiro atoms. The Hall–Kier alpha value is -2.30. The number of unbranched alkanes of at least 4 members (excludes halogenated alkanes) is 21. The zero-order valence-corrected chi connectivity index (χ0v) is 36.1. The summed E-state index contributed by atoms with van der Waals surface area (Å²) in [4.78, 5) is 45.9. The van der Waals surface area contributed by atoms with Gasteiger partial charge in [0.25, 0.3) is 0 Å². The first-order valence-corrected chi connectivity index (χ1v) is 23.5. The molecule has 0 fully saturated rings. The van der Waals surface area contributed by atoms with Gasteiger partial charge in [-0.3, -0.25) is 23.4 Å². The van der Waals surface area contributed by atoms with Crippen molar-refractivity contribution < 1.29 is 47.5 Å². The van der Waals surface area contributed by atoms with E-state index in [0.717, 1.165) is 64.2 Å². The van der Waals surface area contributed by atoms with Gasteiger partial charge in [-0.15, -0.1) is 0 Å². The maximum absolute atomic E-state index is 12.6. The third-order valence-electron chi connectivity index (χ3n) is 9.40. The van der Waals surface area contributed by atoms with Crippen LogP contribution in [0.3, 0.4) is 0 Å². The number of phosphoric acid groups is 1. The van der Waals surface area contributed by atoms with Crippen LogP contribution in [0.5, 0.6) is 0 Å². The molecule has 0 saturated carbocycles. The van der Waals surface area contributed by atoms with Gasteiger partial charge < -0.3 is 25.2 Å². The van der Waals surface area contributed by atoms with Crippen molar-refractivity contribution in [3.63, 3.8) is 0 Å². The molecule has 326 valence electrons. The molecule has 3 atom stereocenters. The Balaban J connectivity index is 4.31. The largest absolute Gasteiger partial charge is 0.480 e. The molecule has 1 unspecified atom stereocenters. The van der Waals surface area contributed by atoms with Gasteiger partial charge in [-0.05, 0) is 44.9 Å². The van der Waals surface area contributed by atoms with Crippen molar-refractivity contribution in [3.05, 3.63) is 36.5 Å². The van der Waals surface area contributed by atoms with Gasteiger partial charge in [-0.25, -0.2) is 4.57 Å². The summed E-state index contributed by atoms with van der Waals surface area (Å²) in [7, 11) is -4.71. The SMILES string of the molecule is CC/C=C\C/C=C\C/C=C\CCCCCCCCCCCC(=O)OC[C@H](COP(=O)(O)OC[C@H](N)C(=O)O)OC(=O)CCCCCCCCCCCCCCC. The fourth-order valence-corrected chi connectivity index (χ4v) is 6.74. The Morgan fingerprint density at radius 2 is 1.00 bits per heavy atom. The average molecular weight is 814 g/mol. The number of carbonyl (C=O) groups is 3. The van der Waals surface area contributed by atoms with Crippen molar-refractivity contribution >= 4 is 25.7 Å². The lowest BCUT2D eigenvalue weighted by Crippen LogP contribution is -2.34. The van der Waals surface area contributed by atoms with Gasteiger partial charge in [0.05, 0.1) is 13.2 Å². The molecule has 0 bridgehead atoms. The van der Waals surface area contributed by atoms with E-state index >= 15 is 0 Å². The molecule has 0 aromatic rings. The Morgan fingerprint density at radius 1 is 0.571 bits per heavy atom. The van der Waals surface area contributed by atoms with Crippen molar-refractivity contribution in [1.29, 1.82) is 0 Å². The molecule has 12 heteroatoms. The quantitative estimate of drug-likeness (QED) is 0.0232. The summed E-state index contributed by atoms with van der Waals surface area (Å²) in [5.41, 5.74) is 5.33. The maximum Gasteiger partial charge on any atom is 0.472 e. The van der Waals surface area contributed by atoms with Crippen LogP contribution in [-0.4, -0.2) is 59.9 Å². The van der Waals surface area contributed by atoms with Crippen molar-refractivity contribution in [1.82, 2.24) is 0 Å². The zero-order chi connectivity index (χ0) is 41.4. The van der Waals surface area contributed by atoms with Crippen molar-refractivity contribution in [2.75, 3.05) is 19.8 Å². The van der Waals surface area contributed by atoms with Crippen LogP contribution in [0.25, 0.3) is 0 Å². The normalized spacial score (nSPS) is 14.1. The summed E-state index contributed by atoms with van der Waals surface area (Å²) in [5, 5.41) is 8.89. The van der Waals surface area contributed by atoms with Crippen LogP contribution in [0.2, 0.25) is 0 Å². The second-order valence-electron chi connectivity index (χ2n) is 14.8. The van der Waals surface area contributed by atoms with Crippen LogP contribution < -0.4 is 5.73 Å². The lowest BCUT2D eigenvalue weighted by molar-refractivity contribution is -0.161. The van der Waals surface area contributed by atoms with E-state index in [4.69, 9.17) is 24.8 Å². The van der Waals surface area contributed by atoms with Crippen LogP contribution in [0.15, 0.2) is 36.5 Å². The lowest BCUT2D eigenvalue weighted by Gasteiger charge is -2.20. The molecule has 0 radical (unpaired) electrons. The summed E-state index contributed by atoms with van der Waals surface area (Å²) in [6.07, 6.45) is 42.0. The number of allylic oxidation sites excluding steroid dienone is 6. The Kier molecular flexibility index (Phi) is 37.9. The van der Waals surface area contributed by atoms with E-state index in [1.54, 1.807) is 0 Å². The number of rotatable bonds is 41. The minimum atomic E-state index is -4.71. The first-order chi connectivity index (χ1) is 27.1. The number of aliphatic carboxylic acids is 1. The highest BCUT2D eigenvalue weighted by Gasteiger charge is 2.28. The molecule has 4 N–H and O–H groups in total. The summed E-state index contributed by atoms with van der Waals surface area (Å²) < 4.78 is 32.7. The topological polar surface area (TPSA) is 172 Å². The molecule has 0 rings (SSSR count). The Morgan fingerprint density at radius 3 is 1.50 bits per heavy atom. The van der Waals surface area contributed by atoms with Gasteiger partial charge in [-0.2, -0.15) is 0 Å². The van der Waals surface area contributed by atoms with Gasteiger partial charge >= 0.3 is 25.7 Å². The van der Waals surface area contributed by atoms with Crippen LogP contribution in [0.1, 0.15) is 194 Å². The number of esters is 2. The fourth-order valence-electron chi connectivity index (χ4n) is 5.96. The molecule has 0 aliphatic carbocycles. The molecule has 0 aromatic heterocycles. The number of ether oxygens (including phenoxy) is 2. The molecular formula is C44H80NO10P. The number of carboxylic acids is 1. The van der Waals surface area contributed by atoms with Gasteiger partial charge in [-0.1, -0.05) is 172 Å². The van der Waals surface area contributed by atoms with Gasteiger partial charge in [0.1, 0.15) is 12.6 Å². The van der Waals surface area contributed by atoms with E-state index < -0.39 is 51.1 Å². The summed E-state index contributed by atoms with van der Waals surface area (Å²) in [6, 6.07) is -1.52. The second kappa shape index (κ2) is 39.5. The number of carbonyl (C=O) groups excluding carboxylic acids is 2. The average Bonchev–Trinajstić information content (AvgIpc) is 3.17. The highest BCUT2D eigenvalue weighted by atomic mass is 31.2. The van der Waals surface area contributed by atoms with E-state index in [0.29, 0.717) is 12.8 Å². The predicted octanol–water partition coefficient (Wildman–Crippen LogP) is 11.6. The molecule has 0 heterocycles. The van der Waals surface area contributed by atoms with Crippen LogP contribution in [0.4, 0.5) is 0 Å². The van der Waals surface area contributed by atoms with Crippen LogP contribution in [0, 0.1) is 0 Å². The Bertz CT molecular complexity index is 1100. The Labute approximate surface area is 340 Å². The second-order valence-corrected chi connectivity index (χ2v) is 16.3. The van der Waals surface area contributed by atoms with E-state index in [1.165, 1.54) is 89.9 Å². The molecular weight excluding hydrogens is 733 g/mol. The van der Waals surface area contributed by atoms with Crippen LogP contribution >= 0.6 is 7.82 Å². The highest BCUT2D eigenvalue weighted by Crippen LogP contribution is 2.43. The molecule has 11 nitrogen and oxygen atoms in total. The van der Waals surface area contributed by atoms with E-state index in [2.05, 4.69) is 54.8 Å². The third kappa shape index (κ3) is 38.6. The van der Waals surface area contributed by atoms with Gasteiger partial charge in [0.15, 0.2) is 6.10 Å². The molecule has 0 saturated heterocycles. The minimum Gasteiger partial charge on any atom is -0.480 e. The van der Waals surface area contributed by atoms with Crippen molar-refractivity contribution in [3.8, 4) is 0 Å². The number of nitrogens with two attached hydrogens (primary N) is 1. The number of hydrogen-bond acceptors (Lipinski definition) is 9. The van der Waals surface area contributed by atoms with Crippen molar-refractivity contribution in [2.24, 2.45) is 5.73 Å². The molecule has 0 aliphatic heterocycles. The van der Waals surface area contributed by atoms with Crippen molar-refractivity contribution in [2.45, 2.75) is 206 Å². The monoisotopic (exact) mass is 814 g/mol. The number of phosphoric ester groups is 1. The number of hydrogen-bond donors (Lipinski definition) is 3. The zero-order valence-electron chi connectivity index (χ0n) is 35.2. The smallest absolute Gasteiger partial charge is 0.472 e. The predicted molar refractivity (Wildman–Crippen MR) is 226 cm³/mol.